The highest BCUT2D eigenvalue weighted by Gasteiger charge is 2.21. The van der Waals surface area contributed by atoms with Crippen LogP contribution in [0, 0.1) is 0 Å². The van der Waals surface area contributed by atoms with Crippen LogP contribution >= 0.6 is 0 Å². The van der Waals surface area contributed by atoms with Crippen LogP contribution in [0.4, 0.5) is 0 Å². The lowest BCUT2D eigenvalue weighted by Crippen LogP contribution is -2.50. The Morgan fingerprint density at radius 2 is 1.55 bits per heavy atom. The van der Waals surface area contributed by atoms with E-state index in [2.05, 4.69) is 0 Å². The summed E-state index contributed by atoms with van der Waals surface area (Å²) in [6.07, 6.45) is 5.76. The van der Waals surface area contributed by atoms with E-state index < -0.39 is 0 Å². The molecular weight excluding hydrogens is 140 g/mol. The first-order chi connectivity index (χ1) is 5.12. The minimum atomic E-state index is -0.321. The molecule has 0 spiro atoms. The normalized spacial score (nSPS) is 21.8. The predicted octanol–water partition coefficient (Wildman–Crippen LogP) is 0.563. The Morgan fingerprint density at radius 3 is 1.73 bits per heavy atom. The molecule has 1 saturated carbocycles. The summed E-state index contributed by atoms with van der Waals surface area (Å²) in [7, 11) is 0. The van der Waals surface area contributed by atoms with Crippen molar-refractivity contribution in [2.24, 2.45) is 11.5 Å². The van der Waals surface area contributed by atoms with Crippen LogP contribution < -0.4 is 11.5 Å². The van der Waals surface area contributed by atoms with E-state index in [0.717, 1.165) is 12.8 Å². The topological polar surface area (TPSA) is 72.3 Å². The minimum absolute atomic E-state index is 0.250. The third-order valence-corrected chi connectivity index (χ3v) is 1.78. The van der Waals surface area contributed by atoms with E-state index in [-0.39, 0.29) is 12.3 Å². The summed E-state index contributed by atoms with van der Waals surface area (Å²) >= 11 is 0. The standard InChI is InChI=1S/C6H14N2.C2H6O/c7-6(8)4-2-1-3-5-6;1-2-3/h1-5,7-8H2;3H,2H2,1H3. The van der Waals surface area contributed by atoms with Gasteiger partial charge in [0.05, 0.1) is 5.66 Å². The van der Waals surface area contributed by atoms with E-state index in [4.69, 9.17) is 16.6 Å². The molecule has 68 valence electrons. The van der Waals surface area contributed by atoms with Crippen molar-refractivity contribution in [3.8, 4) is 0 Å². The van der Waals surface area contributed by atoms with Crippen molar-refractivity contribution in [2.75, 3.05) is 6.61 Å². The highest BCUT2D eigenvalue weighted by Crippen LogP contribution is 2.20. The van der Waals surface area contributed by atoms with E-state index in [9.17, 15) is 0 Å². The lowest BCUT2D eigenvalue weighted by Gasteiger charge is -2.28. The lowest BCUT2D eigenvalue weighted by molar-refractivity contribution is 0.306. The van der Waals surface area contributed by atoms with Gasteiger partial charge in [0.1, 0.15) is 0 Å². The monoisotopic (exact) mass is 160 g/mol. The maximum atomic E-state index is 7.57. The van der Waals surface area contributed by atoms with Crippen molar-refractivity contribution < 1.29 is 5.11 Å². The molecule has 3 nitrogen and oxygen atoms in total. The van der Waals surface area contributed by atoms with Crippen LogP contribution in [0.25, 0.3) is 0 Å². The molecule has 0 heterocycles. The van der Waals surface area contributed by atoms with Crippen molar-refractivity contribution in [3.63, 3.8) is 0 Å². The Hall–Kier alpha value is -0.120. The van der Waals surface area contributed by atoms with Gasteiger partial charge in [-0.15, -0.1) is 0 Å². The molecule has 0 saturated heterocycles. The fraction of sp³-hybridized carbons (Fsp3) is 1.00. The van der Waals surface area contributed by atoms with Crippen LogP contribution in [0.3, 0.4) is 0 Å². The van der Waals surface area contributed by atoms with Crippen LogP contribution in [-0.2, 0) is 0 Å². The van der Waals surface area contributed by atoms with Crippen LogP contribution in [0.2, 0.25) is 0 Å². The van der Waals surface area contributed by atoms with Crippen molar-refractivity contribution >= 4 is 0 Å². The molecule has 0 bridgehead atoms. The molecule has 3 heteroatoms. The van der Waals surface area contributed by atoms with Gasteiger partial charge in [0.15, 0.2) is 0 Å². The molecule has 0 aliphatic heterocycles. The third-order valence-electron chi connectivity index (χ3n) is 1.78. The second-order valence-electron chi connectivity index (χ2n) is 3.11. The zero-order valence-corrected chi connectivity index (χ0v) is 7.34. The molecule has 0 radical (unpaired) electrons. The molecule has 0 aromatic heterocycles. The van der Waals surface area contributed by atoms with E-state index in [1.807, 2.05) is 0 Å². The fourth-order valence-electron chi connectivity index (χ4n) is 1.21. The second-order valence-corrected chi connectivity index (χ2v) is 3.11. The van der Waals surface area contributed by atoms with E-state index >= 15 is 0 Å². The van der Waals surface area contributed by atoms with Crippen LogP contribution in [0.15, 0.2) is 0 Å². The number of rotatable bonds is 0. The summed E-state index contributed by atoms with van der Waals surface area (Å²) < 4.78 is 0. The number of hydrogen-bond donors (Lipinski definition) is 3. The molecule has 0 atom stereocenters. The first-order valence-electron chi connectivity index (χ1n) is 4.31. The largest absolute Gasteiger partial charge is 0.397 e. The maximum absolute atomic E-state index is 7.57. The summed E-state index contributed by atoms with van der Waals surface area (Å²) in [5.74, 6) is 0. The number of aliphatic hydroxyl groups is 1. The van der Waals surface area contributed by atoms with Gasteiger partial charge in [-0.2, -0.15) is 0 Å². The van der Waals surface area contributed by atoms with Crippen LogP contribution in [0.1, 0.15) is 39.0 Å². The molecule has 0 unspecified atom stereocenters. The van der Waals surface area contributed by atoms with Gasteiger partial charge in [-0.1, -0.05) is 19.3 Å². The van der Waals surface area contributed by atoms with Gasteiger partial charge < -0.3 is 16.6 Å². The van der Waals surface area contributed by atoms with Crippen LogP contribution in [-0.4, -0.2) is 17.4 Å². The Morgan fingerprint density at radius 1 is 1.18 bits per heavy atom. The summed E-state index contributed by atoms with van der Waals surface area (Å²) in [6, 6.07) is 0. The van der Waals surface area contributed by atoms with Gasteiger partial charge in [-0.25, -0.2) is 0 Å². The van der Waals surface area contributed by atoms with E-state index in [1.165, 1.54) is 19.3 Å². The van der Waals surface area contributed by atoms with Crippen molar-refractivity contribution in [1.29, 1.82) is 0 Å². The first kappa shape index (κ1) is 10.9. The fourth-order valence-corrected chi connectivity index (χ4v) is 1.21. The molecule has 1 aliphatic rings. The molecular formula is C8H20N2O. The summed E-state index contributed by atoms with van der Waals surface area (Å²) in [6.45, 7) is 1.93. The molecule has 5 N–H and O–H groups in total. The van der Waals surface area contributed by atoms with Crippen molar-refractivity contribution in [2.45, 2.75) is 44.7 Å². The number of aliphatic hydroxyl groups excluding tert-OH is 1. The Bertz CT molecular complexity index is 86.1. The zero-order valence-electron chi connectivity index (χ0n) is 7.34. The number of nitrogens with two attached hydrogens (primary N) is 2. The third kappa shape index (κ3) is 6.28. The number of hydrogen-bond acceptors (Lipinski definition) is 3. The summed E-state index contributed by atoms with van der Waals surface area (Å²) in [4.78, 5) is 0. The molecule has 0 aromatic rings. The SMILES string of the molecule is CCO.NC1(N)CCCCC1. The summed E-state index contributed by atoms with van der Waals surface area (Å²) in [5.41, 5.74) is 11.0. The average Bonchev–Trinajstić information content (AvgIpc) is 1.88. The quantitative estimate of drug-likeness (QED) is 0.453. The van der Waals surface area contributed by atoms with Gasteiger partial charge >= 0.3 is 0 Å². The van der Waals surface area contributed by atoms with E-state index in [1.54, 1.807) is 6.92 Å². The zero-order chi connectivity index (χ0) is 8.74. The van der Waals surface area contributed by atoms with Gasteiger partial charge in [0, 0.05) is 6.61 Å². The predicted molar refractivity (Wildman–Crippen MR) is 47.0 cm³/mol. The molecule has 1 rings (SSSR count). The highest BCUT2D eigenvalue weighted by atomic mass is 16.2. The van der Waals surface area contributed by atoms with Gasteiger partial charge in [-0.05, 0) is 19.8 Å². The maximum Gasteiger partial charge on any atom is 0.0636 e. The highest BCUT2D eigenvalue weighted by molar-refractivity contribution is 4.79. The Kier molecular flexibility index (Phi) is 5.46. The molecule has 1 fully saturated rings. The second kappa shape index (κ2) is 5.52. The van der Waals surface area contributed by atoms with Crippen LogP contribution in [0.5, 0.6) is 0 Å². The van der Waals surface area contributed by atoms with E-state index in [0.29, 0.717) is 0 Å². The average molecular weight is 160 g/mol. The van der Waals surface area contributed by atoms with Gasteiger partial charge in [0.2, 0.25) is 0 Å². The Labute approximate surface area is 68.8 Å². The van der Waals surface area contributed by atoms with Gasteiger partial charge in [-0.3, -0.25) is 0 Å². The molecule has 0 aromatic carbocycles. The van der Waals surface area contributed by atoms with Crippen molar-refractivity contribution in [1.82, 2.24) is 0 Å². The van der Waals surface area contributed by atoms with Crippen molar-refractivity contribution in [3.05, 3.63) is 0 Å². The smallest absolute Gasteiger partial charge is 0.0636 e. The Balaban J connectivity index is 0.000000292. The first-order valence-corrected chi connectivity index (χ1v) is 4.31. The molecule has 11 heavy (non-hydrogen) atoms. The lowest BCUT2D eigenvalue weighted by atomic mass is 9.91. The van der Waals surface area contributed by atoms with Gasteiger partial charge in [0.25, 0.3) is 0 Å². The molecule has 1 aliphatic carbocycles. The minimum Gasteiger partial charge on any atom is -0.397 e. The molecule has 0 amide bonds. The summed E-state index contributed by atoms with van der Waals surface area (Å²) in [5, 5.41) is 7.57.